The van der Waals surface area contributed by atoms with Gasteiger partial charge in [0.2, 0.25) is 5.60 Å². The molecule has 2 unspecified atom stereocenters. The van der Waals surface area contributed by atoms with E-state index in [4.69, 9.17) is 9.47 Å². The van der Waals surface area contributed by atoms with E-state index in [0.29, 0.717) is 35.4 Å². The third-order valence-electron chi connectivity index (χ3n) is 6.20. The first-order chi connectivity index (χ1) is 15.5. The Bertz CT molecular complexity index is 1180. The van der Waals surface area contributed by atoms with Crippen LogP contribution < -0.4 is 4.90 Å². The second-order valence-electron chi connectivity index (χ2n) is 7.97. The summed E-state index contributed by atoms with van der Waals surface area (Å²) in [6.45, 7) is 1.75. The van der Waals surface area contributed by atoms with Gasteiger partial charge in [0, 0.05) is 24.0 Å². The Kier molecular flexibility index (Phi) is 4.69. The van der Waals surface area contributed by atoms with Gasteiger partial charge >= 0.3 is 5.97 Å². The largest absolute Gasteiger partial charge is 0.475 e. The van der Waals surface area contributed by atoms with Crippen LogP contribution in [0, 0.1) is 5.92 Å². The molecule has 32 heavy (non-hydrogen) atoms. The molecule has 0 radical (unpaired) electrons. The number of ketones is 1. The molecule has 2 heterocycles. The topological polar surface area (TPSA) is 90.0 Å². The van der Waals surface area contributed by atoms with Gasteiger partial charge in [0.15, 0.2) is 5.78 Å². The molecule has 0 saturated carbocycles. The Morgan fingerprint density at radius 1 is 1.06 bits per heavy atom. The van der Waals surface area contributed by atoms with E-state index >= 15 is 0 Å². The van der Waals surface area contributed by atoms with Crippen molar-refractivity contribution in [3.63, 3.8) is 0 Å². The molecule has 2 aromatic rings. The maximum absolute atomic E-state index is 14.0. The standard InChI is InChI=1S/C25H21NO6/c1-2-31-23(29)21-20-18(27)13-8-14-19(20)32-25(21)16-11-6-7-12-17(16)26(24(25)30)22(28)15-9-4-3-5-10-15/h3-7,9-12,21H,2,8,13-14H2,1H3. The van der Waals surface area contributed by atoms with Crippen molar-refractivity contribution in [2.45, 2.75) is 31.8 Å². The smallest absolute Gasteiger partial charge is 0.318 e. The number of allylic oxidation sites excluding steroid dienone is 1. The van der Waals surface area contributed by atoms with Gasteiger partial charge < -0.3 is 9.47 Å². The highest BCUT2D eigenvalue weighted by Gasteiger charge is 2.68. The number of benzene rings is 2. The van der Waals surface area contributed by atoms with Crippen LogP contribution in [0.1, 0.15) is 42.1 Å². The number of rotatable bonds is 3. The second kappa shape index (κ2) is 7.44. The number of para-hydroxylation sites is 1. The van der Waals surface area contributed by atoms with Gasteiger partial charge in [-0.05, 0) is 31.5 Å². The molecule has 0 bridgehead atoms. The van der Waals surface area contributed by atoms with Gasteiger partial charge in [-0.15, -0.1) is 0 Å². The molecule has 2 aromatic carbocycles. The van der Waals surface area contributed by atoms with Crippen LogP contribution in [0.25, 0.3) is 0 Å². The second-order valence-corrected chi connectivity index (χ2v) is 7.97. The molecular weight excluding hydrogens is 410 g/mol. The average molecular weight is 431 g/mol. The summed E-state index contributed by atoms with van der Waals surface area (Å²) in [5.74, 6) is -3.05. The first-order valence-corrected chi connectivity index (χ1v) is 10.7. The van der Waals surface area contributed by atoms with Crippen molar-refractivity contribution in [1.82, 2.24) is 0 Å². The molecule has 1 aliphatic carbocycles. The molecule has 0 aromatic heterocycles. The lowest BCUT2D eigenvalue weighted by atomic mass is 9.76. The third kappa shape index (κ3) is 2.67. The number of fused-ring (bicyclic) bond motifs is 2. The zero-order chi connectivity index (χ0) is 22.5. The fourth-order valence-corrected chi connectivity index (χ4v) is 4.89. The lowest BCUT2D eigenvalue weighted by Crippen LogP contribution is -2.50. The van der Waals surface area contributed by atoms with Gasteiger partial charge in [-0.2, -0.15) is 0 Å². The number of imide groups is 1. The Hall–Kier alpha value is -3.74. The predicted octanol–water partition coefficient (Wildman–Crippen LogP) is 3.29. The van der Waals surface area contributed by atoms with Crippen LogP contribution in [0.15, 0.2) is 65.9 Å². The summed E-state index contributed by atoms with van der Waals surface area (Å²) < 4.78 is 11.5. The minimum absolute atomic E-state index is 0.0880. The Balaban J connectivity index is 1.70. The average Bonchev–Trinajstić information content (AvgIpc) is 3.28. The lowest BCUT2D eigenvalue weighted by molar-refractivity contribution is -0.160. The predicted molar refractivity (Wildman–Crippen MR) is 113 cm³/mol. The van der Waals surface area contributed by atoms with E-state index in [9.17, 15) is 19.2 Å². The van der Waals surface area contributed by atoms with E-state index in [-0.39, 0.29) is 24.4 Å². The van der Waals surface area contributed by atoms with Gasteiger partial charge in [-0.25, -0.2) is 4.90 Å². The minimum atomic E-state index is -1.84. The molecule has 3 aliphatic rings. The molecule has 162 valence electrons. The molecule has 2 atom stereocenters. The van der Waals surface area contributed by atoms with E-state index in [1.165, 1.54) is 0 Å². The summed E-state index contributed by atoms with van der Waals surface area (Å²) in [4.78, 5) is 54.5. The summed E-state index contributed by atoms with van der Waals surface area (Å²) in [5, 5.41) is 0. The fraction of sp³-hybridized carbons (Fsp3) is 0.280. The van der Waals surface area contributed by atoms with Crippen LogP contribution in [0.3, 0.4) is 0 Å². The molecule has 0 fully saturated rings. The number of carbonyl (C=O) groups excluding carboxylic acids is 4. The molecule has 1 spiro atoms. The molecule has 5 rings (SSSR count). The van der Waals surface area contributed by atoms with E-state index in [0.717, 1.165) is 4.90 Å². The molecule has 0 N–H and O–H groups in total. The van der Waals surface area contributed by atoms with Crippen LogP contribution in [0.2, 0.25) is 0 Å². The molecule has 2 amide bonds. The molecular formula is C25H21NO6. The summed E-state index contributed by atoms with van der Waals surface area (Å²) in [6.07, 6.45) is 1.29. The van der Waals surface area contributed by atoms with Gasteiger partial charge in [0.1, 0.15) is 11.7 Å². The number of hydrogen-bond donors (Lipinski definition) is 0. The molecule has 2 aliphatic heterocycles. The molecule has 7 heteroatoms. The Labute approximate surface area is 184 Å². The van der Waals surface area contributed by atoms with Crippen LogP contribution in [-0.4, -0.2) is 30.2 Å². The highest BCUT2D eigenvalue weighted by molar-refractivity contribution is 6.28. The van der Waals surface area contributed by atoms with Crippen LogP contribution in [0.4, 0.5) is 5.69 Å². The normalized spacial score (nSPS) is 23.8. The quantitative estimate of drug-likeness (QED) is 0.547. The fourth-order valence-electron chi connectivity index (χ4n) is 4.89. The summed E-state index contributed by atoms with van der Waals surface area (Å²) in [5.41, 5.74) is -0.584. The zero-order valence-electron chi connectivity index (χ0n) is 17.5. The lowest BCUT2D eigenvalue weighted by Gasteiger charge is -2.29. The van der Waals surface area contributed by atoms with Crippen molar-refractivity contribution >= 4 is 29.3 Å². The summed E-state index contributed by atoms with van der Waals surface area (Å²) in [6, 6.07) is 15.2. The number of anilines is 1. The van der Waals surface area contributed by atoms with Crippen molar-refractivity contribution in [1.29, 1.82) is 0 Å². The first kappa shape index (κ1) is 20.2. The number of carbonyl (C=O) groups is 4. The van der Waals surface area contributed by atoms with Gasteiger partial charge in [-0.3, -0.25) is 19.2 Å². The Morgan fingerprint density at radius 2 is 1.78 bits per heavy atom. The number of hydrogen-bond acceptors (Lipinski definition) is 6. The molecule has 7 nitrogen and oxygen atoms in total. The zero-order valence-corrected chi connectivity index (χ0v) is 17.5. The van der Waals surface area contributed by atoms with Crippen LogP contribution >= 0.6 is 0 Å². The SMILES string of the molecule is CCOC(=O)C1C2=C(CCCC2=O)OC12C(=O)N(C(=O)c1ccccc1)c1ccccc12. The summed E-state index contributed by atoms with van der Waals surface area (Å²) >= 11 is 0. The third-order valence-corrected chi connectivity index (χ3v) is 6.20. The van der Waals surface area contributed by atoms with Crippen LogP contribution in [0.5, 0.6) is 0 Å². The highest BCUT2D eigenvalue weighted by Crippen LogP contribution is 2.57. The van der Waals surface area contributed by atoms with Crippen molar-refractivity contribution < 1.29 is 28.7 Å². The maximum atomic E-state index is 14.0. The van der Waals surface area contributed by atoms with Crippen molar-refractivity contribution in [3.05, 3.63) is 77.1 Å². The van der Waals surface area contributed by atoms with E-state index in [2.05, 4.69) is 0 Å². The number of amides is 2. The monoisotopic (exact) mass is 431 g/mol. The number of Topliss-reactive ketones (excluding diaryl/α,β-unsaturated/α-hetero) is 1. The number of nitrogens with zero attached hydrogens (tertiary/aromatic N) is 1. The van der Waals surface area contributed by atoms with E-state index in [1.54, 1.807) is 61.5 Å². The Morgan fingerprint density at radius 3 is 2.53 bits per heavy atom. The van der Waals surface area contributed by atoms with Gasteiger partial charge in [-0.1, -0.05) is 36.4 Å². The summed E-state index contributed by atoms with van der Waals surface area (Å²) in [7, 11) is 0. The van der Waals surface area contributed by atoms with Crippen LogP contribution in [-0.2, 0) is 29.5 Å². The minimum Gasteiger partial charge on any atom is -0.475 e. The number of esters is 1. The van der Waals surface area contributed by atoms with Crippen molar-refractivity contribution in [2.24, 2.45) is 5.92 Å². The van der Waals surface area contributed by atoms with E-state index < -0.39 is 29.3 Å². The number of ether oxygens (including phenoxy) is 2. The highest BCUT2D eigenvalue weighted by atomic mass is 16.5. The van der Waals surface area contributed by atoms with Crippen molar-refractivity contribution in [3.8, 4) is 0 Å². The maximum Gasteiger partial charge on any atom is 0.318 e. The van der Waals surface area contributed by atoms with Crippen molar-refractivity contribution in [2.75, 3.05) is 11.5 Å². The van der Waals surface area contributed by atoms with E-state index in [1.807, 2.05) is 0 Å². The molecule has 0 saturated heterocycles. The van der Waals surface area contributed by atoms with Gasteiger partial charge in [0.05, 0.1) is 17.9 Å². The van der Waals surface area contributed by atoms with Gasteiger partial charge in [0.25, 0.3) is 11.8 Å². The first-order valence-electron chi connectivity index (χ1n) is 10.7.